The van der Waals surface area contributed by atoms with Crippen LogP contribution in [0.2, 0.25) is 0 Å². The molecule has 0 unspecified atom stereocenters. The largest absolute Gasteiger partial charge is 0.291 e. The van der Waals surface area contributed by atoms with Gasteiger partial charge in [-0.15, -0.1) is 11.3 Å². The summed E-state index contributed by atoms with van der Waals surface area (Å²) in [5.74, 6) is 1.92. The van der Waals surface area contributed by atoms with Gasteiger partial charge in [0.1, 0.15) is 0 Å². The van der Waals surface area contributed by atoms with Crippen LogP contribution >= 0.6 is 11.3 Å². The molecule has 0 saturated carbocycles. The maximum absolute atomic E-state index is 5.47. The van der Waals surface area contributed by atoms with Gasteiger partial charge in [-0.1, -0.05) is 152 Å². The Morgan fingerprint density at radius 2 is 0.982 bits per heavy atom. The molecule has 0 aliphatic carbocycles. The summed E-state index contributed by atoms with van der Waals surface area (Å²) in [5, 5.41) is 9.63. The van der Waals surface area contributed by atoms with Crippen molar-refractivity contribution in [1.82, 2.24) is 24.3 Å². The summed E-state index contributed by atoms with van der Waals surface area (Å²) >= 11 is 1.81. The first-order valence-corrected chi connectivity index (χ1v) is 19.5. The third-order valence-corrected chi connectivity index (χ3v) is 12.2. The van der Waals surface area contributed by atoms with Crippen molar-refractivity contribution in [3.63, 3.8) is 0 Å². The minimum Gasteiger partial charge on any atom is -0.291 e. The summed E-state index contributed by atoms with van der Waals surface area (Å²) in [5.41, 5.74) is 8.06. The van der Waals surface area contributed by atoms with Crippen LogP contribution in [-0.4, -0.2) is 24.3 Å². The molecule has 0 N–H and O–H groups in total. The lowest BCUT2D eigenvalue weighted by molar-refractivity contribution is 1.07. The predicted molar refractivity (Wildman–Crippen MR) is 233 cm³/mol. The van der Waals surface area contributed by atoms with Crippen molar-refractivity contribution in [2.45, 2.75) is 0 Å². The van der Waals surface area contributed by atoms with E-state index in [4.69, 9.17) is 19.9 Å². The van der Waals surface area contributed by atoms with Crippen LogP contribution in [0.1, 0.15) is 0 Å². The van der Waals surface area contributed by atoms with Gasteiger partial charge in [0.25, 0.3) is 0 Å². The summed E-state index contributed by atoms with van der Waals surface area (Å²) in [6.45, 7) is 0. The number of aromatic nitrogens is 5. The van der Waals surface area contributed by atoms with Crippen molar-refractivity contribution in [3.8, 4) is 45.4 Å². The molecule has 0 saturated heterocycles. The van der Waals surface area contributed by atoms with E-state index in [1.54, 1.807) is 0 Å². The number of rotatable bonds is 4. The van der Waals surface area contributed by atoms with E-state index >= 15 is 0 Å². The van der Waals surface area contributed by atoms with Crippen LogP contribution in [0, 0.1) is 0 Å². The third kappa shape index (κ3) is 4.79. The average Bonchev–Trinajstić information content (AvgIpc) is 3.85. The Labute approximate surface area is 324 Å². The molecule has 0 fully saturated rings. The number of imidazole rings is 1. The summed E-state index contributed by atoms with van der Waals surface area (Å²) in [7, 11) is 0. The predicted octanol–water partition coefficient (Wildman–Crippen LogP) is 13.2. The van der Waals surface area contributed by atoms with Gasteiger partial charge >= 0.3 is 0 Å². The zero-order valence-electron chi connectivity index (χ0n) is 29.9. The van der Waals surface area contributed by atoms with Gasteiger partial charge < -0.3 is 0 Å². The Hall–Kier alpha value is -7.28. The molecule has 0 aliphatic heterocycles. The number of pyridine rings is 1. The Kier molecular flexibility index (Phi) is 6.73. The van der Waals surface area contributed by atoms with Gasteiger partial charge in [-0.05, 0) is 56.8 Å². The van der Waals surface area contributed by atoms with E-state index in [2.05, 4.69) is 150 Å². The van der Waals surface area contributed by atoms with E-state index in [9.17, 15) is 0 Å². The van der Waals surface area contributed by atoms with Crippen LogP contribution in [0.15, 0.2) is 176 Å². The van der Waals surface area contributed by atoms with Crippen LogP contribution in [0.3, 0.4) is 0 Å². The SMILES string of the molecule is c1ccc(-c2nc(-c3ccc(-c4cc5c6ccccc6sc5c5nc6c7ccc8ccccc8c7ccc6n45)cc3)nc(-c3ccc4ccccc4c3)n2)cc1. The van der Waals surface area contributed by atoms with Crippen molar-refractivity contribution in [2.75, 3.05) is 0 Å². The number of hydrogen-bond donors (Lipinski definition) is 0. The first-order chi connectivity index (χ1) is 27.7. The smallest absolute Gasteiger partial charge is 0.164 e. The van der Waals surface area contributed by atoms with E-state index in [-0.39, 0.29) is 0 Å². The molecule has 56 heavy (non-hydrogen) atoms. The molecule has 0 atom stereocenters. The topological polar surface area (TPSA) is 56.0 Å². The maximum Gasteiger partial charge on any atom is 0.164 e. The second kappa shape index (κ2) is 12.1. The highest BCUT2D eigenvalue weighted by atomic mass is 32.1. The molecular formula is C50H29N5S. The molecule has 4 heterocycles. The minimum absolute atomic E-state index is 0.629. The van der Waals surface area contributed by atoms with Crippen molar-refractivity contribution in [3.05, 3.63) is 176 Å². The van der Waals surface area contributed by atoms with Gasteiger partial charge in [0.2, 0.25) is 0 Å². The van der Waals surface area contributed by atoms with Gasteiger partial charge in [0, 0.05) is 37.5 Å². The van der Waals surface area contributed by atoms with E-state index in [1.165, 1.54) is 41.7 Å². The van der Waals surface area contributed by atoms with E-state index < -0.39 is 0 Å². The summed E-state index contributed by atoms with van der Waals surface area (Å²) in [6.07, 6.45) is 0. The van der Waals surface area contributed by atoms with Gasteiger partial charge in [-0.25, -0.2) is 19.9 Å². The van der Waals surface area contributed by atoms with Gasteiger partial charge in [-0.3, -0.25) is 4.40 Å². The van der Waals surface area contributed by atoms with E-state index in [0.717, 1.165) is 55.4 Å². The maximum atomic E-state index is 5.47. The normalized spacial score (nSPS) is 11.9. The first-order valence-electron chi connectivity index (χ1n) is 18.7. The molecule has 0 aliphatic rings. The molecule has 0 bridgehead atoms. The summed E-state index contributed by atoms with van der Waals surface area (Å²) < 4.78 is 4.80. The molecule has 4 aromatic heterocycles. The monoisotopic (exact) mass is 731 g/mol. The fourth-order valence-corrected chi connectivity index (χ4v) is 9.44. The van der Waals surface area contributed by atoms with Gasteiger partial charge in [0.05, 0.1) is 21.4 Å². The lowest BCUT2D eigenvalue weighted by Gasteiger charge is -2.11. The Morgan fingerprint density at radius 3 is 1.80 bits per heavy atom. The van der Waals surface area contributed by atoms with Gasteiger partial charge in [-0.2, -0.15) is 0 Å². The second-order valence-electron chi connectivity index (χ2n) is 14.3. The van der Waals surface area contributed by atoms with Crippen LogP contribution in [0.4, 0.5) is 0 Å². The molecule has 8 aromatic carbocycles. The molecule has 0 spiro atoms. The highest BCUT2D eigenvalue weighted by Crippen LogP contribution is 2.42. The van der Waals surface area contributed by atoms with Crippen LogP contribution in [0.5, 0.6) is 0 Å². The number of thiophene rings is 1. The molecule has 12 aromatic rings. The van der Waals surface area contributed by atoms with Crippen molar-refractivity contribution in [1.29, 1.82) is 0 Å². The number of benzene rings is 8. The quantitative estimate of drug-likeness (QED) is 0.169. The lowest BCUT2D eigenvalue weighted by Crippen LogP contribution is -2.00. The highest BCUT2D eigenvalue weighted by molar-refractivity contribution is 7.26. The fraction of sp³-hybridized carbons (Fsp3) is 0. The van der Waals surface area contributed by atoms with E-state index in [0.29, 0.717) is 17.5 Å². The zero-order chi connectivity index (χ0) is 36.7. The number of fused-ring (bicyclic) bond motifs is 12. The summed E-state index contributed by atoms with van der Waals surface area (Å²) in [4.78, 5) is 20.6. The molecule has 5 nitrogen and oxygen atoms in total. The molecule has 0 amide bonds. The van der Waals surface area contributed by atoms with Crippen LogP contribution in [0.25, 0.3) is 115 Å². The lowest BCUT2D eigenvalue weighted by atomic mass is 10.0. The van der Waals surface area contributed by atoms with Crippen molar-refractivity contribution in [2.24, 2.45) is 0 Å². The van der Waals surface area contributed by atoms with Crippen molar-refractivity contribution >= 4 is 80.5 Å². The average molecular weight is 732 g/mol. The minimum atomic E-state index is 0.629. The summed E-state index contributed by atoms with van der Waals surface area (Å²) in [6, 6.07) is 62.1. The first kappa shape index (κ1) is 31.1. The highest BCUT2D eigenvalue weighted by Gasteiger charge is 2.20. The standard InChI is InChI=1S/C50H29N5S/c1-2-12-33(13-3-1)47-52-48(54-49(53-47)36-23-18-30-10-4-5-14-35(30)28-36)34-21-19-32(20-22-34)43-29-41-39-16-8-9-17-44(39)56-46(41)50-51-45-40-25-24-31-11-6-7-15-37(31)38(40)26-27-42(45)55(43)50/h1-29H. The number of hydrogen-bond acceptors (Lipinski definition) is 5. The third-order valence-electron chi connectivity index (χ3n) is 11.0. The number of nitrogens with zero attached hydrogens (tertiary/aromatic N) is 5. The Morgan fingerprint density at radius 1 is 0.375 bits per heavy atom. The molecule has 0 radical (unpaired) electrons. The van der Waals surface area contributed by atoms with Gasteiger partial charge in [0.15, 0.2) is 23.1 Å². The van der Waals surface area contributed by atoms with E-state index in [1.807, 2.05) is 41.7 Å². The zero-order valence-corrected chi connectivity index (χ0v) is 30.7. The Balaban J connectivity index is 1.06. The van der Waals surface area contributed by atoms with Crippen LogP contribution < -0.4 is 0 Å². The fourth-order valence-electron chi connectivity index (χ4n) is 8.28. The second-order valence-corrected chi connectivity index (χ2v) is 15.3. The Bertz CT molecular complexity index is 3530. The molecule has 6 heteroatoms. The molecular weight excluding hydrogens is 703 g/mol. The van der Waals surface area contributed by atoms with Crippen molar-refractivity contribution < 1.29 is 0 Å². The van der Waals surface area contributed by atoms with Crippen LogP contribution in [-0.2, 0) is 0 Å². The molecule has 12 rings (SSSR count). The molecule has 260 valence electrons.